The van der Waals surface area contributed by atoms with Crippen LogP contribution >= 0.6 is 34.8 Å². The molecule has 0 fully saturated rings. The van der Waals surface area contributed by atoms with E-state index in [9.17, 15) is 4.79 Å². The number of Topliss-reactive ketones (excluding diaryl/α,β-unsaturated/α-hetero) is 1. The number of hydrogen-bond acceptors (Lipinski definition) is 1. The number of para-hydroxylation sites is 1. The van der Waals surface area contributed by atoms with Gasteiger partial charge in [0.1, 0.15) is 5.15 Å². The van der Waals surface area contributed by atoms with Crippen molar-refractivity contribution in [2.24, 2.45) is 0 Å². The lowest BCUT2D eigenvalue weighted by Crippen LogP contribution is -2.01. The van der Waals surface area contributed by atoms with Crippen molar-refractivity contribution < 1.29 is 4.79 Å². The Hall–Kier alpha value is -1.48. The van der Waals surface area contributed by atoms with E-state index in [1.165, 1.54) is 0 Å². The molecule has 0 unspecified atom stereocenters. The minimum Gasteiger partial charge on any atom is -0.300 e. The standard InChI is InChI=1S/C16H10Cl3NO/c17-9-14(21)15-12-3-1-2-4-13(12)20(16(15)19)11-7-5-10(18)6-8-11/h1-8H,9H2. The molecule has 0 aliphatic carbocycles. The fraction of sp³-hybridized carbons (Fsp3) is 0.0625. The van der Waals surface area contributed by atoms with Gasteiger partial charge in [0.15, 0.2) is 5.78 Å². The Morgan fingerprint density at radius 3 is 2.33 bits per heavy atom. The van der Waals surface area contributed by atoms with E-state index in [0.717, 1.165) is 16.6 Å². The number of ketones is 1. The lowest BCUT2D eigenvalue weighted by molar-refractivity contribution is 0.102. The molecule has 0 aliphatic rings. The average molecular weight is 339 g/mol. The summed E-state index contributed by atoms with van der Waals surface area (Å²) in [6, 6.07) is 14.8. The minimum atomic E-state index is -0.189. The molecule has 3 rings (SSSR count). The molecule has 0 amide bonds. The fourth-order valence-electron chi connectivity index (χ4n) is 2.38. The van der Waals surface area contributed by atoms with E-state index in [-0.39, 0.29) is 11.7 Å². The van der Waals surface area contributed by atoms with E-state index in [4.69, 9.17) is 34.8 Å². The van der Waals surface area contributed by atoms with E-state index >= 15 is 0 Å². The molecule has 0 spiro atoms. The van der Waals surface area contributed by atoms with Crippen LogP contribution in [0.15, 0.2) is 48.5 Å². The summed E-state index contributed by atoms with van der Waals surface area (Å²) in [5.74, 6) is -0.292. The molecule has 21 heavy (non-hydrogen) atoms. The Balaban J connectivity index is 2.35. The van der Waals surface area contributed by atoms with Crippen molar-refractivity contribution >= 4 is 51.5 Å². The van der Waals surface area contributed by atoms with Crippen molar-refractivity contribution in [2.45, 2.75) is 0 Å². The molecule has 1 heterocycles. The van der Waals surface area contributed by atoms with E-state index in [0.29, 0.717) is 15.7 Å². The molecule has 0 radical (unpaired) electrons. The molecule has 0 atom stereocenters. The maximum absolute atomic E-state index is 12.1. The first-order valence-electron chi connectivity index (χ1n) is 6.27. The molecule has 3 aromatic rings. The molecule has 5 heteroatoms. The Labute approximate surface area is 136 Å². The second kappa shape index (κ2) is 5.72. The molecule has 2 aromatic carbocycles. The van der Waals surface area contributed by atoms with Gasteiger partial charge in [0, 0.05) is 16.1 Å². The molecule has 0 bridgehead atoms. The van der Waals surface area contributed by atoms with Crippen LogP contribution < -0.4 is 0 Å². The average Bonchev–Trinajstić information content (AvgIpc) is 2.80. The number of benzene rings is 2. The molecular weight excluding hydrogens is 329 g/mol. The second-order valence-corrected chi connectivity index (χ2v) is 5.61. The summed E-state index contributed by atoms with van der Waals surface area (Å²) in [6.45, 7) is 0. The van der Waals surface area contributed by atoms with Gasteiger partial charge in [-0.15, -0.1) is 11.6 Å². The zero-order chi connectivity index (χ0) is 15.0. The van der Waals surface area contributed by atoms with Gasteiger partial charge in [-0.2, -0.15) is 0 Å². The van der Waals surface area contributed by atoms with Crippen LogP contribution in [0.5, 0.6) is 0 Å². The van der Waals surface area contributed by atoms with E-state index in [2.05, 4.69) is 0 Å². The Morgan fingerprint density at radius 1 is 1.00 bits per heavy atom. The van der Waals surface area contributed by atoms with E-state index in [1.807, 2.05) is 41.0 Å². The molecule has 0 aliphatic heterocycles. The minimum absolute atomic E-state index is 0.103. The highest BCUT2D eigenvalue weighted by atomic mass is 35.5. The van der Waals surface area contributed by atoms with Gasteiger partial charge >= 0.3 is 0 Å². The van der Waals surface area contributed by atoms with Crippen LogP contribution in [-0.2, 0) is 0 Å². The van der Waals surface area contributed by atoms with Gasteiger partial charge < -0.3 is 0 Å². The number of hydrogen-bond donors (Lipinski definition) is 0. The molecule has 0 saturated heterocycles. The summed E-state index contributed by atoms with van der Waals surface area (Å²) in [6.07, 6.45) is 0. The normalized spacial score (nSPS) is 11.0. The van der Waals surface area contributed by atoms with Gasteiger partial charge in [0.25, 0.3) is 0 Å². The first kappa shape index (κ1) is 14.5. The number of halogens is 3. The van der Waals surface area contributed by atoms with Gasteiger partial charge in [0.2, 0.25) is 0 Å². The number of rotatable bonds is 3. The van der Waals surface area contributed by atoms with Crippen LogP contribution in [0, 0.1) is 0 Å². The van der Waals surface area contributed by atoms with Crippen molar-refractivity contribution in [1.29, 1.82) is 0 Å². The first-order valence-corrected chi connectivity index (χ1v) is 7.56. The van der Waals surface area contributed by atoms with Crippen LogP contribution in [0.25, 0.3) is 16.6 Å². The van der Waals surface area contributed by atoms with Crippen molar-refractivity contribution in [3.05, 3.63) is 64.3 Å². The number of aromatic nitrogens is 1. The van der Waals surface area contributed by atoms with Crippen LogP contribution in [0.2, 0.25) is 10.2 Å². The Bertz CT molecular complexity index is 821. The van der Waals surface area contributed by atoms with Gasteiger partial charge in [0.05, 0.1) is 17.0 Å². The SMILES string of the molecule is O=C(CCl)c1c(Cl)n(-c2ccc(Cl)cc2)c2ccccc12. The van der Waals surface area contributed by atoms with Gasteiger partial charge in [-0.05, 0) is 30.3 Å². The first-order chi connectivity index (χ1) is 10.1. The third kappa shape index (κ3) is 2.44. The number of alkyl halides is 1. The van der Waals surface area contributed by atoms with E-state index < -0.39 is 0 Å². The quantitative estimate of drug-likeness (QED) is 0.465. The largest absolute Gasteiger partial charge is 0.300 e. The summed E-state index contributed by atoms with van der Waals surface area (Å²) in [7, 11) is 0. The summed E-state index contributed by atoms with van der Waals surface area (Å²) < 4.78 is 1.83. The van der Waals surface area contributed by atoms with Crippen LogP contribution in [-0.4, -0.2) is 16.2 Å². The number of nitrogens with zero attached hydrogens (tertiary/aromatic N) is 1. The summed E-state index contributed by atoms with van der Waals surface area (Å²) >= 11 is 18.1. The smallest absolute Gasteiger partial charge is 0.181 e. The predicted molar refractivity (Wildman–Crippen MR) is 88.3 cm³/mol. The topological polar surface area (TPSA) is 22.0 Å². The lowest BCUT2D eigenvalue weighted by atomic mass is 10.1. The summed E-state index contributed by atoms with van der Waals surface area (Å²) in [5, 5.41) is 1.80. The van der Waals surface area contributed by atoms with Crippen molar-refractivity contribution in [3.8, 4) is 5.69 Å². The highest BCUT2D eigenvalue weighted by Crippen LogP contribution is 2.33. The number of fused-ring (bicyclic) bond motifs is 1. The maximum Gasteiger partial charge on any atom is 0.181 e. The predicted octanol–water partition coefficient (Wildman–Crippen LogP) is 5.36. The Morgan fingerprint density at radius 2 is 1.67 bits per heavy atom. The zero-order valence-electron chi connectivity index (χ0n) is 10.8. The molecule has 1 aromatic heterocycles. The van der Waals surface area contributed by atoms with Crippen LogP contribution in [0.3, 0.4) is 0 Å². The highest BCUT2D eigenvalue weighted by Gasteiger charge is 2.21. The van der Waals surface area contributed by atoms with Crippen molar-refractivity contribution in [1.82, 2.24) is 4.57 Å². The lowest BCUT2D eigenvalue weighted by Gasteiger charge is -2.07. The van der Waals surface area contributed by atoms with Crippen molar-refractivity contribution in [3.63, 3.8) is 0 Å². The second-order valence-electron chi connectivity index (χ2n) is 4.55. The maximum atomic E-state index is 12.1. The molecule has 0 saturated carbocycles. The number of carbonyl (C=O) groups is 1. The number of carbonyl (C=O) groups excluding carboxylic acids is 1. The Kier molecular flexibility index (Phi) is 3.94. The molecule has 2 nitrogen and oxygen atoms in total. The molecule has 0 N–H and O–H groups in total. The van der Waals surface area contributed by atoms with E-state index in [1.54, 1.807) is 12.1 Å². The highest BCUT2D eigenvalue weighted by molar-refractivity contribution is 6.39. The van der Waals surface area contributed by atoms with Crippen LogP contribution in [0.4, 0.5) is 0 Å². The van der Waals surface area contributed by atoms with Gasteiger partial charge in [-0.1, -0.05) is 41.4 Å². The fourth-order valence-corrected chi connectivity index (χ4v) is 3.04. The summed E-state index contributed by atoms with van der Waals surface area (Å²) in [5.41, 5.74) is 2.16. The zero-order valence-corrected chi connectivity index (χ0v) is 13.1. The molecular formula is C16H10Cl3NO. The van der Waals surface area contributed by atoms with Gasteiger partial charge in [-0.25, -0.2) is 0 Å². The third-order valence-electron chi connectivity index (χ3n) is 3.30. The van der Waals surface area contributed by atoms with Gasteiger partial charge in [-0.3, -0.25) is 9.36 Å². The van der Waals surface area contributed by atoms with Crippen LogP contribution in [0.1, 0.15) is 10.4 Å². The third-order valence-corrected chi connectivity index (χ3v) is 4.15. The van der Waals surface area contributed by atoms with Crippen molar-refractivity contribution in [2.75, 3.05) is 5.88 Å². The monoisotopic (exact) mass is 337 g/mol. The summed E-state index contributed by atoms with van der Waals surface area (Å²) in [4.78, 5) is 12.1. The molecule has 106 valence electrons.